The van der Waals surface area contributed by atoms with Gasteiger partial charge in [0.1, 0.15) is 0 Å². The van der Waals surface area contributed by atoms with Gasteiger partial charge < -0.3 is 5.21 Å². The van der Waals surface area contributed by atoms with Crippen LogP contribution in [0.5, 0.6) is 0 Å². The second-order valence-electron chi connectivity index (χ2n) is 1.57. The molecule has 48 valence electrons. The molecular formula is C5H5ClN2O. The van der Waals surface area contributed by atoms with Crippen LogP contribution in [0.15, 0.2) is 18.3 Å². The third kappa shape index (κ3) is 1.23. The fourth-order valence-corrected chi connectivity index (χ4v) is 0.627. The van der Waals surface area contributed by atoms with E-state index >= 15 is 0 Å². The molecule has 0 saturated carbocycles. The Morgan fingerprint density at radius 1 is 1.67 bits per heavy atom. The summed E-state index contributed by atoms with van der Waals surface area (Å²) in [6, 6.07) is 2.85. The first-order valence-corrected chi connectivity index (χ1v) is 2.70. The van der Waals surface area contributed by atoms with Crippen LogP contribution in [0.3, 0.4) is 0 Å². The standard InChI is InChI=1S/C5H5ClN2O/c6-4-1-2-8(9)5(7)3-4/h1-3,7,9H. The molecule has 0 atom stereocenters. The van der Waals surface area contributed by atoms with Crippen LogP contribution in [-0.4, -0.2) is 9.94 Å². The van der Waals surface area contributed by atoms with Gasteiger partial charge in [-0.2, -0.15) is 4.73 Å². The molecule has 0 aromatic carbocycles. The van der Waals surface area contributed by atoms with Gasteiger partial charge in [-0.1, -0.05) is 11.6 Å². The summed E-state index contributed by atoms with van der Waals surface area (Å²) in [5.41, 5.74) is -0.0255. The number of hydrogen-bond acceptors (Lipinski definition) is 2. The highest BCUT2D eigenvalue weighted by atomic mass is 35.5. The Morgan fingerprint density at radius 3 is 2.78 bits per heavy atom. The molecular weight excluding hydrogens is 140 g/mol. The van der Waals surface area contributed by atoms with Crippen LogP contribution in [0.1, 0.15) is 0 Å². The molecule has 0 amide bonds. The maximum Gasteiger partial charge on any atom is 0.161 e. The summed E-state index contributed by atoms with van der Waals surface area (Å²) >= 11 is 5.47. The average Bonchev–Trinajstić information content (AvgIpc) is 1.80. The first-order chi connectivity index (χ1) is 4.20. The topological polar surface area (TPSA) is 49.0 Å². The summed E-state index contributed by atoms with van der Waals surface area (Å²) < 4.78 is 0.686. The quantitative estimate of drug-likeness (QED) is 0.522. The summed E-state index contributed by atoms with van der Waals surface area (Å²) in [5.74, 6) is 0. The number of nitrogens with one attached hydrogen (secondary N) is 1. The molecule has 0 aliphatic heterocycles. The van der Waals surface area contributed by atoms with Gasteiger partial charge in [-0.05, 0) is 6.07 Å². The predicted molar refractivity (Wildman–Crippen MR) is 32.5 cm³/mol. The van der Waals surface area contributed by atoms with E-state index in [1.54, 1.807) is 0 Å². The Balaban J connectivity index is 3.34. The molecule has 0 saturated heterocycles. The van der Waals surface area contributed by atoms with E-state index in [4.69, 9.17) is 22.2 Å². The highest BCUT2D eigenvalue weighted by Gasteiger charge is 1.87. The zero-order valence-corrected chi connectivity index (χ0v) is 5.26. The Morgan fingerprint density at radius 2 is 2.33 bits per heavy atom. The van der Waals surface area contributed by atoms with Crippen molar-refractivity contribution in [2.24, 2.45) is 0 Å². The van der Waals surface area contributed by atoms with Crippen LogP contribution in [-0.2, 0) is 0 Å². The molecule has 3 nitrogen and oxygen atoms in total. The lowest BCUT2D eigenvalue weighted by Crippen LogP contribution is -2.14. The zero-order chi connectivity index (χ0) is 6.85. The van der Waals surface area contributed by atoms with Crippen LogP contribution >= 0.6 is 11.6 Å². The van der Waals surface area contributed by atoms with Crippen molar-refractivity contribution in [2.45, 2.75) is 0 Å². The SMILES string of the molecule is N=c1cc(Cl)ccn1O. The largest absolute Gasteiger partial charge is 0.427 e. The maximum atomic E-state index is 8.71. The van der Waals surface area contributed by atoms with E-state index in [0.717, 1.165) is 0 Å². The number of halogens is 1. The number of aromatic nitrogens is 1. The van der Waals surface area contributed by atoms with Crippen molar-refractivity contribution in [3.63, 3.8) is 0 Å². The maximum absolute atomic E-state index is 8.71. The molecule has 4 heteroatoms. The number of nitrogens with zero attached hydrogens (tertiary/aromatic N) is 1. The third-order valence-electron chi connectivity index (χ3n) is 0.896. The van der Waals surface area contributed by atoms with E-state index in [0.29, 0.717) is 9.75 Å². The predicted octanol–water partition coefficient (Wildman–Crippen LogP) is 0.858. The Bertz CT molecular complexity index is 268. The summed E-state index contributed by atoms with van der Waals surface area (Å²) in [4.78, 5) is 0. The van der Waals surface area contributed by atoms with Crippen molar-refractivity contribution in [1.82, 2.24) is 4.73 Å². The lowest BCUT2D eigenvalue weighted by Gasteiger charge is -1.93. The van der Waals surface area contributed by atoms with E-state index in [9.17, 15) is 0 Å². The average molecular weight is 145 g/mol. The van der Waals surface area contributed by atoms with E-state index in [1.165, 1.54) is 18.3 Å². The monoisotopic (exact) mass is 144 g/mol. The zero-order valence-electron chi connectivity index (χ0n) is 4.50. The summed E-state index contributed by atoms with van der Waals surface area (Å²) in [5, 5.41) is 16.2. The summed E-state index contributed by atoms with van der Waals surface area (Å²) in [7, 11) is 0. The van der Waals surface area contributed by atoms with Crippen molar-refractivity contribution in [3.8, 4) is 0 Å². The van der Waals surface area contributed by atoms with Gasteiger partial charge in [-0.3, -0.25) is 5.41 Å². The Kier molecular flexibility index (Phi) is 1.44. The first-order valence-electron chi connectivity index (χ1n) is 2.32. The van der Waals surface area contributed by atoms with Crippen LogP contribution < -0.4 is 5.49 Å². The van der Waals surface area contributed by atoms with E-state index in [-0.39, 0.29) is 5.49 Å². The van der Waals surface area contributed by atoms with Gasteiger partial charge in [0.25, 0.3) is 0 Å². The number of hydrogen-bond donors (Lipinski definition) is 2. The molecule has 0 spiro atoms. The summed E-state index contributed by atoms with van der Waals surface area (Å²) in [6.45, 7) is 0. The molecule has 0 aliphatic carbocycles. The molecule has 0 radical (unpaired) electrons. The van der Waals surface area contributed by atoms with Crippen molar-refractivity contribution in [1.29, 1.82) is 5.41 Å². The second kappa shape index (κ2) is 2.11. The number of pyridine rings is 1. The fourth-order valence-electron chi connectivity index (χ4n) is 0.467. The molecule has 0 bridgehead atoms. The first kappa shape index (κ1) is 6.16. The third-order valence-corrected chi connectivity index (χ3v) is 1.13. The molecule has 0 unspecified atom stereocenters. The van der Waals surface area contributed by atoms with Crippen molar-refractivity contribution >= 4 is 11.6 Å². The fraction of sp³-hybridized carbons (Fsp3) is 0. The van der Waals surface area contributed by atoms with Crippen molar-refractivity contribution < 1.29 is 5.21 Å². The van der Waals surface area contributed by atoms with Crippen LogP contribution in [0.2, 0.25) is 5.02 Å². The smallest absolute Gasteiger partial charge is 0.161 e. The van der Waals surface area contributed by atoms with Gasteiger partial charge in [0.05, 0.1) is 0 Å². The van der Waals surface area contributed by atoms with Gasteiger partial charge in [0, 0.05) is 17.3 Å². The van der Waals surface area contributed by atoms with Gasteiger partial charge in [0.15, 0.2) is 5.49 Å². The van der Waals surface area contributed by atoms with Crippen molar-refractivity contribution in [2.75, 3.05) is 0 Å². The second-order valence-corrected chi connectivity index (χ2v) is 2.01. The highest BCUT2D eigenvalue weighted by Crippen LogP contribution is 2.00. The normalized spacial score (nSPS) is 9.44. The van der Waals surface area contributed by atoms with Gasteiger partial charge in [0.2, 0.25) is 0 Å². The van der Waals surface area contributed by atoms with Gasteiger partial charge >= 0.3 is 0 Å². The van der Waals surface area contributed by atoms with Gasteiger partial charge in [-0.25, -0.2) is 0 Å². The van der Waals surface area contributed by atoms with E-state index < -0.39 is 0 Å². The minimum atomic E-state index is -0.0255. The highest BCUT2D eigenvalue weighted by molar-refractivity contribution is 6.30. The minimum Gasteiger partial charge on any atom is -0.427 e. The van der Waals surface area contributed by atoms with Crippen LogP contribution in [0, 0.1) is 5.41 Å². The van der Waals surface area contributed by atoms with Crippen molar-refractivity contribution in [3.05, 3.63) is 28.8 Å². The van der Waals surface area contributed by atoms with Crippen LogP contribution in [0.25, 0.3) is 0 Å². The molecule has 1 aromatic rings. The van der Waals surface area contributed by atoms with Crippen LogP contribution in [0.4, 0.5) is 0 Å². The lowest BCUT2D eigenvalue weighted by molar-refractivity contribution is 0.170. The Hall–Kier alpha value is -0.960. The molecule has 0 fully saturated rings. The van der Waals surface area contributed by atoms with Gasteiger partial charge in [-0.15, -0.1) is 0 Å². The lowest BCUT2D eigenvalue weighted by atomic mass is 10.5. The molecule has 9 heavy (non-hydrogen) atoms. The summed E-state index contributed by atoms with van der Waals surface area (Å²) in [6.07, 6.45) is 1.31. The Labute approximate surface area is 56.6 Å². The molecule has 1 heterocycles. The molecule has 2 N–H and O–H groups in total. The van der Waals surface area contributed by atoms with E-state index in [2.05, 4.69) is 0 Å². The molecule has 1 aromatic heterocycles. The number of rotatable bonds is 0. The molecule has 0 aliphatic rings. The van der Waals surface area contributed by atoms with E-state index in [1.807, 2.05) is 0 Å². The molecule has 1 rings (SSSR count). The minimum absolute atomic E-state index is 0.0255.